The Balaban J connectivity index is 1.60. The van der Waals surface area contributed by atoms with Crippen LogP contribution in [0.5, 0.6) is 0 Å². The van der Waals surface area contributed by atoms with Gasteiger partial charge in [-0.25, -0.2) is 23.1 Å². The molecular weight excluding hydrogens is 564 g/mol. The molecule has 0 aliphatic rings. The molecule has 0 spiro atoms. The summed E-state index contributed by atoms with van der Waals surface area (Å²) in [7, 11) is 2.83. The summed E-state index contributed by atoms with van der Waals surface area (Å²) in [6, 6.07) is 6.20. The topological polar surface area (TPSA) is 81.8 Å². The minimum atomic E-state index is -4.86. The molecule has 0 saturated heterocycles. The van der Waals surface area contributed by atoms with Gasteiger partial charge in [0.2, 0.25) is 0 Å². The lowest BCUT2D eigenvalue weighted by Gasteiger charge is -2.22. The van der Waals surface area contributed by atoms with E-state index in [0.29, 0.717) is 11.6 Å². The Bertz CT molecular complexity index is 1970. The smallest absolute Gasteiger partial charge is 0.378 e. The molecule has 0 bridgehead atoms. The van der Waals surface area contributed by atoms with E-state index in [1.54, 1.807) is 0 Å². The first-order chi connectivity index (χ1) is 19.8. The number of fused-ring (bicyclic) bond motifs is 1. The Morgan fingerprint density at radius 3 is 2.21 bits per heavy atom. The third-order valence-electron chi connectivity index (χ3n) is 6.88. The van der Waals surface area contributed by atoms with Crippen LogP contribution in [0.15, 0.2) is 70.6 Å². The molecule has 42 heavy (non-hydrogen) atoms. The van der Waals surface area contributed by atoms with Crippen molar-refractivity contribution in [2.24, 2.45) is 14.1 Å². The van der Waals surface area contributed by atoms with Crippen LogP contribution in [-0.4, -0.2) is 19.1 Å². The monoisotopic (exact) mass is 585 g/mol. The van der Waals surface area contributed by atoms with Gasteiger partial charge in [-0.15, -0.1) is 0 Å². The fourth-order valence-electron chi connectivity index (χ4n) is 4.69. The molecule has 1 atom stereocenters. The van der Waals surface area contributed by atoms with Crippen molar-refractivity contribution in [1.29, 1.82) is 0 Å². The Hall–Kier alpha value is -4.94. The van der Waals surface area contributed by atoms with Gasteiger partial charge in [0.1, 0.15) is 11.6 Å². The molecule has 3 aromatic heterocycles. The third kappa shape index (κ3) is 5.13. The van der Waals surface area contributed by atoms with E-state index < -0.39 is 52.0 Å². The van der Waals surface area contributed by atoms with E-state index in [1.807, 2.05) is 0 Å². The predicted octanol–water partition coefficient (Wildman–Crippen LogP) is 5.97. The maximum absolute atomic E-state index is 14.7. The van der Waals surface area contributed by atoms with Crippen LogP contribution in [-0.2, 0) is 20.3 Å². The molecule has 0 fully saturated rings. The lowest BCUT2D eigenvalue weighted by Crippen LogP contribution is -2.21. The summed E-state index contributed by atoms with van der Waals surface area (Å²) in [5, 5.41) is 2.88. The summed E-state index contributed by atoms with van der Waals surface area (Å²) < 4.78 is 85.8. The van der Waals surface area contributed by atoms with Gasteiger partial charge in [-0.3, -0.25) is 9.59 Å². The van der Waals surface area contributed by atoms with Gasteiger partial charge in [0.05, 0.1) is 22.2 Å². The van der Waals surface area contributed by atoms with Crippen molar-refractivity contribution in [3.05, 3.63) is 110 Å². The van der Waals surface area contributed by atoms with E-state index >= 15 is 0 Å². The number of halogens is 6. The number of anilines is 1. The number of hydrogen-bond donors (Lipinski definition) is 1. The molecule has 3 heterocycles. The Morgan fingerprint density at radius 1 is 0.857 bits per heavy atom. The van der Waals surface area contributed by atoms with Gasteiger partial charge >= 0.3 is 6.18 Å². The summed E-state index contributed by atoms with van der Waals surface area (Å²) in [5.41, 5.74) is -2.48. The average molecular weight is 586 g/mol. The number of hydrogen-bond acceptors (Lipinski definition) is 5. The van der Waals surface area contributed by atoms with Crippen molar-refractivity contribution in [3.63, 3.8) is 0 Å². The highest BCUT2D eigenvalue weighted by molar-refractivity contribution is 5.89. The largest absolute Gasteiger partial charge is 0.418 e. The van der Waals surface area contributed by atoms with Gasteiger partial charge in [0.25, 0.3) is 11.1 Å². The second-order valence-electron chi connectivity index (χ2n) is 9.66. The summed E-state index contributed by atoms with van der Waals surface area (Å²) in [5.74, 6) is -2.96. The molecule has 0 saturated carbocycles. The summed E-state index contributed by atoms with van der Waals surface area (Å²) in [6.45, 7) is 1.48. The summed E-state index contributed by atoms with van der Waals surface area (Å²) >= 11 is 0. The number of nitrogens with one attached hydrogen (secondary N) is 1. The van der Waals surface area contributed by atoms with Crippen molar-refractivity contribution in [2.45, 2.75) is 19.1 Å². The number of aryl methyl sites for hydroxylation is 1. The molecule has 216 valence electrons. The third-order valence-corrected chi connectivity index (χ3v) is 6.88. The first kappa shape index (κ1) is 28.6. The van der Waals surface area contributed by atoms with Crippen LogP contribution in [0.4, 0.5) is 32.0 Å². The lowest BCUT2D eigenvalue weighted by molar-refractivity contribution is -0.137. The van der Waals surface area contributed by atoms with E-state index in [0.717, 1.165) is 28.8 Å². The molecule has 0 radical (unpaired) electrons. The van der Waals surface area contributed by atoms with Crippen LogP contribution in [0.2, 0.25) is 0 Å². The minimum Gasteiger partial charge on any atom is -0.378 e. The number of aromatic nitrogens is 4. The van der Waals surface area contributed by atoms with Gasteiger partial charge in [-0.05, 0) is 60.3 Å². The number of alkyl halides is 3. The predicted molar refractivity (Wildman–Crippen MR) is 144 cm³/mol. The van der Waals surface area contributed by atoms with Gasteiger partial charge in [-0.1, -0.05) is 0 Å². The van der Waals surface area contributed by atoms with Gasteiger partial charge < -0.3 is 14.5 Å². The van der Waals surface area contributed by atoms with Gasteiger partial charge in [0.15, 0.2) is 11.6 Å². The highest BCUT2D eigenvalue weighted by Gasteiger charge is 2.34. The van der Waals surface area contributed by atoms with Crippen LogP contribution in [0.3, 0.4) is 0 Å². The van der Waals surface area contributed by atoms with Crippen LogP contribution < -0.4 is 16.4 Å². The summed E-state index contributed by atoms with van der Waals surface area (Å²) in [4.78, 5) is 33.5. The maximum atomic E-state index is 14.7. The second kappa shape index (κ2) is 10.5. The zero-order chi connectivity index (χ0) is 30.5. The summed E-state index contributed by atoms with van der Waals surface area (Å²) in [6.07, 6.45) is -0.860. The number of pyridine rings is 2. The van der Waals surface area contributed by atoms with Crippen LogP contribution in [0, 0.1) is 17.5 Å². The van der Waals surface area contributed by atoms with Gasteiger partial charge in [0, 0.05) is 50.0 Å². The highest BCUT2D eigenvalue weighted by Crippen LogP contribution is 2.38. The second-order valence-corrected chi connectivity index (χ2v) is 9.66. The first-order valence-electron chi connectivity index (χ1n) is 12.4. The number of rotatable bonds is 5. The van der Waals surface area contributed by atoms with Crippen molar-refractivity contribution >= 4 is 16.5 Å². The van der Waals surface area contributed by atoms with E-state index in [-0.39, 0.29) is 33.4 Å². The molecule has 0 aliphatic heterocycles. The normalized spacial score (nSPS) is 12.5. The average Bonchev–Trinajstić information content (AvgIpc) is 2.94. The lowest BCUT2D eigenvalue weighted by atomic mass is 9.98. The van der Waals surface area contributed by atoms with E-state index in [4.69, 9.17) is 0 Å². The molecule has 5 rings (SSSR count). The van der Waals surface area contributed by atoms with E-state index in [2.05, 4.69) is 15.3 Å². The van der Waals surface area contributed by atoms with Crippen molar-refractivity contribution in [3.8, 4) is 22.6 Å². The molecule has 1 N–H and O–H groups in total. The quantitative estimate of drug-likeness (QED) is 0.257. The van der Waals surface area contributed by atoms with Gasteiger partial charge in [-0.2, -0.15) is 13.2 Å². The highest BCUT2D eigenvalue weighted by atomic mass is 19.4. The fourth-order valence-corrected chi connectivity index (χ4v) is 4.69. The van der Waals surface area contributed by atoms with E-state index in [9.17, 15) is 35.9 Å². The molecule has 0 unspecified atom stereocenters. The van der Waals surface area contributed by atoms with Crippen LogP contribution in [0.1, 0.15) is 24.1 Å². The maximum Gasteiger partial charge on any atom is 0.418 e. The van der Waals surface area contributed by atoms with Crippen LogP contribution >= 0.6 is 0 Å². The van der Waals surface area contributed by atoms with Crippen LogP contribution in [0.25, 0.3) is 33.4 Å². The minimum absolute atomic E-state index is 0.0280. The number of benzene rings is 2. The SMILES string of the molecule is C[C@@H](Nc1ccc(F)cc1C(F)(F)F)c1cc(F)cc2c(=O)n(C)c(-c3cnc(-c4ccn(C)c(=O)c4F)nc3)cc12. The van der Waals surface area contributed by atoms with Crippen molar-refractivity contribution in [2.75, 3.05) is 5.32 Å². The zero-order valence-electron chi connectivity index (χ0n) is 22.2. The Morgan fingerprint density at radius 2 is 1.55 bits per heavy atom. The Labute approximate surface area is 233 Å². The molecule has 2 aromatic carbocycles. The van der Waals surface area contributed by atoms with E-state index in [1.165, 1.54) is 56.3 Å². The molecule has 0 aliphatic carbocycles. The Kier molecular flexibility index (Phi) is 7.13. The molecular formula is C29H21F6N5O2. The number of nitrogens with zero attached hydrogens (tertiary/aromatic N) is 4. The standard InChI is InChI=1S/C29H21F6N5O2/c1-14(38-23-5-4-16(30)10-22(23)29(33,34)35)19-8-17(31)9-21-20(19)11-24(40(3)27(21)41)15-12-36-26(37-13-15)18-6-7-39(2)28(42)25(18)32/h4-14,38H,1-3H3/t14-/m1/s1. The molecule has 7 nitrogen and oxygen atoms in total. The molecule has 0 amide bonds. The molecule has 5 aromatic rings. The van der Waals surface area contributed by atoms with Crippen molar-refractivity contribution in [1.82, 2.24) is 19.1 Å². The zero-order valence-corrected chi connectivity index (χ0v) is 22.2. The fraction of sp³-hybridized carbons (Fsp3) is 0.172. The first-order valence-corrected chi connectivity index (χ1v) is 12.4. The van der Waals surface area contributed by atoms with Crippen molar-refractivity contribution < 1.29 is 26.3 Å². The molecule has 13 heteroatoms.